The lowest BCUT2D eigenvalue weighted by Crippen LogP contribution is -2.26. The number of hydrogen-bond donors (Lipinski definition) is 2. The number of aryl methyl sites for hydroxylation is 2. The standard InChI is InChI=1S/C17H20N2O5/c1-10-9-14(12(3)24-10)16(20)7-8-18-17(21)13-5-4-6-15(11(13)2)19(22)23/h4-6,9,16,20H,7-8H2,1-3H3,(H,18,21). The molecule has 1 aromatic carbocycles. The number of rotatable bonds is 6. The molecule has 0 fully saturated rings. The van der Waals surface area contributed by atoms with Gasteiger partial charge in [0.25, 0.3) is 11.6 Å². The van der Waals surface area contributed by atoms with Gasteiger partial charge in [-0.15, -0.1) is 0 Å². The second kappa shape index (κ2) is 7.27. The molecule has 0 radical (unpaired) electrons. The van der Waals surface area contributed by atoms with Crippen molar-refractivity contribution in [3.8, 4) is 0 Å². The van der Waals surface area contributed by atoms with Gasteiger partial charge in [0.15, 0.2) is 0 Å². The van der Waals surface area contributed by atoms with E-state index in [1.165, 1.54) is 18.2 Å². The van der Waals surface area contributed by atoms with Gasteiger partial charge in [-0.05, 0) is 39.3 Å². The van der Waals surface area contributed by atoms with Crippen molar-refractivity contribution in [3.63, 3.8) is 0 Å². The number of aliphatic hydroxyl groups is 1. The van der Waals surface area contributed by atoms with E-state index in [2.05, 4.69) is 5.32 Å². The number of nitro groups is 1. The van der Waals surface area contributed by atoms with Crippen LogP contribution in [-0.4, -0.2) is 22.5 Å². The van der Waals surface area contributed by atoms with Crippen LogP contribution in [0.25, 0.3) is 0 Å². The van der Waals surface area contributed by atoms with E-state index in [0.717, 1.165) is 5.76 Å². The Hall–Kier alpha value is -2.67. The predicted molar refractivity (Wildman–Crippen MR) is 87.9 cm³/mol. The summed E-state index contributed by atoms with van der Waals surface area (Å²) < 4.78 is 5.37. The van der Waals surface area contributed by atoms with E-state index < -0.39 is 16.9 Å². The fourth-order valence-corrected chi connectivity index (χ4v) is 2.62. The van der Waals surface area contributed by atoms with E-state index in [1.807, 2.05) is 0 Å². The van der Waals surface area contributed by atoms with Gasteiger partial charge in [0.05, 0.1) is 11.0 Å². The molecule has 0 bridgehead atoms. The first-order valence-electron chi connectivity index (χ1n) is 7.58. The van der Waals surface area contributed by atoms with Crippen molar-refractivity contribution in [2.24, 2.45) is 0 Å². The molecule has 7 nitrogen and oxygen atoms in total. The molecule has 2 aromatic rings. The summed E-state index contributed by atoms with van der Waals surface area (Å²) in [5.41, 5.74) is 1.19. The van der Waals surface area contributed by atoms with E-state index >= 15 is 0 Å². The Labute approximate surface area is 139 Å². The van der Waals surface area contributed by atoms with Crippen LogP contribution in [0.4, 0.5) is 5.69 Å². The number of nitro benzene ring substituents is 1. The number of aliphatic hydroxyl groups excluding tert-OH is 1. The van der Waals surface area contributed by atoms with Crippen LogP contribution >= 0.6 is 0 Å². The number of furan rings is 1. The molecule has 1 atom stereocenters. The summed E-state index contributed by atoms with van der Waals surface area (Å²) >= 11 is 0. The quantitative estimate of drug-likeness (QED) is 0.625. The maximum absolute atomic E-state index is 12.2. The highest BCUT2D eigenvalue weighted by Gasteiger charge is 2.19. The molecule has 1 heterocycles. The summed E-state index contributed by atoms with van der Waals surface area (Å²) in [6.07, 6.45) is -0.423. The summed E-state index contributed by atoms with van der Waals surface area (Å²) in [6, 6.07) is 6.15. The smallest absolute Gasteiger partial charge is 0.273 e. The third kappa shape index (κ3) is 3.80. The van der Waals surface area contributed by atoms with Crippen LogP contribution in [0.2, 0.25) is 0 Å². The van der Waals surface area contributed by atoms with Gasteiger partial charge < -0.3 is 14.8 Å². The minimum atomic E-state index is -0.742. The minimum Gasteiger partial charge on any atom is -0.466 e. The van der Waals surface area contributed by atoms with Gasteiger partial charge in [-0.25, -0.2) is 0 Å². The summed E-state index contributed by atoms with van der Waals surface area (Å²) in [4.78, 5) is 22.6. The maximum Gasteiger partial charge on any atom is 0.273 e. The average Bonchev–Trinajstić information content (AvgIpc) is 2.85. The van der Waals surface area contributed by atoms with Gasteiger partial charge in [0.1, 0.15) is 11.5 Å². The molecule has 1 unspecified atom stereocenters. The molecular weight excluding hydrogens is 312 g/mol. The molecule has 1 amide bonds. The van der Waals surface area contributed by atoms with Crippen molar-refractivity contribution < 1.29 is 19.2 Å². The number of hydrogen-bond acceptors (Lipinski definition) is 5. The van der Waals surface area contributed by atoms with Crippen LogP contribution in [-0.2, 0) is 0 Å². The lowest BCUT2D eigenvalue weighted by Gasteiger charge is -2.11. The van der Waals surface area contributed by atoms with Crippen molar-refractivity contribution in [1.29, 1.82) is 0 Å². The van der Waals surface area contributed by atoms with Gasteiger partial charge in [-0.3, -0.25) is 14.9 Å². The summed E-state index contributed by atoms with van der Waals surface area (Å²) in [5, 5.41) is 23.8. The van der Waals surface area contributed by atoms with Crippen molar-refractivity contribution in [1.82, 2.24) is 5.32 Å². The van der Waals surface area contributed by atoms with E-state index in [4.69, 9.17) is 4.42 Å². The molecule has 2 rings (SSSR count). The number of amides is 1. The first kappa shape index (κ1) is 17.7. The molecule has 128 valence electrons. The van der Waals surface area contributed by atoms with Crippen molar-refractivity contribution >= 4 is 11.6 Å². The van der Waals surface area contributed by atoms with E-state index in [0.29, 0.717) is 23.3 Å². The van der Waals surface area contributed by atoms with Crippen LogP contribution in [0.15, 0.2) is 28.7 Å². The zero-order valence-corrected chi connectivity index (χ0v) is 13.8. The molecule has 0 saturated heterocycles. The molecule has 0 aliphatic heterocycles. The normalized spacial score (nSPS) is 12.0. The Morgan fingerprint density at radius 2 is 2.08 bits per heavy atom. The Bertz CT molecular complexity index is 766. The highest BCUT2D eigenvalue weighted by Crippen LogP contribution is 2.24. The number of nitrogens with one attached hydrogen (secondary N) is 1. The molecular formula is C17H20N2O5. The highest BCUT2D eigenvalue weighted by molar-refractivity contribution is 5.96. The molecule has 7 heteroatoms. The monoisotopic (exact) mass is 332 g/mol. The van der Waals surface area contributed by atoms with Crippen molar-refractivity contribution in [2.75, 3.05) is 6.54 Å². The summed E-state index contributed by atoms with van der Waals surface area (Å²) in [7, 11) is 0. The minimum absolute atomic E-state index is 0.0906. The molecule has 0 saturated carbocycles. The molecule has 0 aliphatic carbocycles. The number of nitrogens with zero attached hydrogens (tertiary/aromatic N) is 1. The third-order valence-corrected chi connectivity index (χ3v) is 3.89. The van der Waals surface area contributed by atoms with Crippen LogP contribution in [0.1, 0.15) is 45.5 Å². The summed E-state index contributed by atoms with van der Waals surface area (Å²) in [6.45, 7) is 5.36. The van der Waals surface area contributed by atoms with Crippen LogP contribution in [0.5, 0.6) is 0 Å². The van der Waals surface area contributed by atoms with Crippen LogP contribution in [0.3, 0.4) is 0 Å². The largest absolute Gasteiger partial charge is 0.466 e. The first-order valence-corrected chi connectivity index (χ1v) is 7.58. The molecule has 0 aliphatic rings. The van der Waals surface area contributed by atoms with Gasteiger partial charge in [0, 0.05) is 29.3 Å². The van der Waals surface area contributed by atoms with Gasteiger partial charge in [-0.1, -0.05) is 6.07 Å². The summed E-state index contributed by atoms with van der Waals surface area (Å²) in [5.74, 6) is 0.974. The van der Waals surface area contributed by atoms with Crippen LogP contribution < -0.4 is 5.32 Å². The topological polar surface area (TPSA) is 106 Å². The molecule has 24 heavy (non-hydrogen) atoms. The van der Waals surface area contributed by atoms with E-state index in [1.54, 1.807) is 26.8 Å². The SMILES string of the molecule is Cc1cc(C(O)CCNC(=O)c2cccc([N+](=O)[O-])c2C)c(C)o1. The van der Waals surface area contributed by atoms with Crippen LogP contribution in [0, 0.1) is 30.9 Å². The highest BCUT2D eigenvalue weighted by atomic mass is 16.6. The second-order valence-corrected chi connectivity index (χ2v) is 5.64. The number of carbonyl (C=O) groups excluding carboxylic acids is 1. The lowest BCUT2D eigenvalue weighted by molar-refractivity contribution is -0.385. The average molecular weight is 332 g/mol. The van der Waals surface area contributed by atoms with Gasteiger partial charge >= 0.3 is 0 Å². The zero-order valence-electron chi connectivity index (χ0n) is 13.8. The number of carbonyl (C=O) groups is 1. The molecule has 2 N–H and O–H groups in total. The van der Waals surface area contributed by atoms with E-state index in [-0.39, 0.29) is 17.8 Å². The molecule has 0 spiro atoms. The Morgan fingerprint density at radius 1 is 1.38 bits per heavy atom. The Balaban J connectivity index is 1.98. The Kier molecular flexibility index (Phi) is 5.35. The maximum atomic E-state index is 12.2. The van der Waals surface area contributed by atoms with E-state index in [9.17, 15) is 20.0 Å². The molecule has 1 aromatic heterocycles. The third-order valence-electron chi connectivity index (χ3n) is 3.89. The first-order chi connectivity index (χ1) is 11.3. The fourth-order valence-electron chi connectivity index (χ4n) is 2.62. The zero-order chi connectivity index (χ0) is 17.9. The van der Waals surface area contributed by atoms with Crippen molar-refractivity contribution in [3.05, 3.63) is 62.6 Å². The van der Waals surface area contributed by atoms with Gasteiger partial charge in [0.2, 0.25) is 0 Å². The van der Waals surface area contributed by atoms with Gasteiger partial charge in [-0.2, -0.15) is 0 Å². The fraction of sp³-hybridized carbons (Fsp3) is 0.353. The Morgan fingerprint density at radius 3 is 2.67 bits per heavy atom. The lowest BCUT2D eigenvalue weighted by atomic mass is 10.1. The second-order valence-electron chi connectivity index (χ2n) is 5.64. The number of benzene rings is 1. The predicted octanol–water partition coefficient (Wildman–Crippen LogP) is 2.97. The van der Waals surface area contributed by atoms with Crippen molar-refractivity contribution in [2.45, 2.75) is 33.3 Å².